The molecule has 2 aromatic rings. The van der Waals surface area contributed by atoms with Crippen LogP contribution in [0.4, 0.5) is 0 Å². The van der Waals surface area contributed by atoms with Crippen LogP contribution in [0, 0.1) is 0 Å². The summed E-state index contributed by atoms with van der Waals surface area (Å²) >= 11 is 0. The molecule has 0 aromatic heterocycles. The van der Waals surface area contributed by atoms with Crippen LogP contribution in [-0.2, 0) is 9.84 Å². The molecule has 0 radical (unpaired) electrons. The summed E-state index contributed by atoms with van der Waals surface area (Å²) in [7, 11) is -3.19. The second-order valence-electron chi connectivity index (χ2n) is 4.20. The minimum Gasteiger partial charge on any atom is -0.224 e. The number of benzene rings is 2. The Morgan fingerprint density at radius 1 is 0.895 bits per heavy atom. The third-order valence-corrected chi connectivity index (χ3v) is 3.09. The molecule has 0 amide bonds. The molecule has 0 unspecified atom stereocenters. The van der Waals surface area contributed by atoms with Crippen LogP contribution < -0.4 is 0 Å². The van der Waals surface area contributed by atoms with Crippen LogP contribution in [0.15, 0.2) is 71.8 Å². The maximum absolute atomic E-state index is 11.3. The van der Waals surface area contributed by atoms with Gasteiger partial charge in [0, 0.05) is 11.8 Å². The van der Waals surface area contributed by atoms with E-state index in [0.29, 0.717) is 0 Å². The highest BCUT2D eigenvalue weighted by Gasteiger charge is 2.03. The SMILES string of the molecule is CS(=O)(=O)C=C=C(c1ccccc1)c1ccccc1. The predicted octanol–water partition coefficient (Wildman–Crippen LogP) is 3.28. The summed E-state index contributed by atoms with van der Waals surface area (Å²) in [6.45, 7) is 0. The fourth-order valence-corrected chi connectivity index (χ4v) is 2.04. The normalized spacial score (nSPS) is 10.6. The van der Waals surface area contributed by atoms with Gasteiger partial charge in [0.2, 0.25) is 0 Å². The molecule has 2 aromatic carbocycles. The quantitative estimate of drug-likeness (QED) is 0.802. The summed E-state index contributed by atoms with van der Waals surface area (Å²) in [5.41, 5.74) is 5.54. The number of hydrogen-bond acceptors (Lipinski definition) is 2. The van der Waals surface area contributed by atoms with Crippen molar-refractivity contribution >= 4 is 15.4 Å². The molecule has 0 aliphatic heterocycles. The molecule has 19 heavy (non-hydrogen) atoms. The van der Waals surface area contributed by atoms with E-state index >= 15 is 0 Å². The van der Waals surface area contributed by atoms with Gasteiger partial charge in [-0.15, -0.1) is 0 Å². The summed E-state index contributed by atoms with van der Waals surface area (Å²) in [5.74, 6) is 0. The fraction of sp³-hybridized carbons (Fsp3) is 0.0625. The molecule has 0 heterocycles. The topological polar surface area (TPSA) is 34.1 Å². The van der Waals surface area contributed by atoms with Gasteiger partial charge >= 0.3 is 0 Å². The molecule has 0 bridgehead atoms. The maximum Gasteiger partial charge on any atom is 0.176 e. The first-order valence-electron chi connectivity index (χ1n) is 5.84. The van der Waals surface area contributed by atoms with Gasteiger partial charge in [-0.05, 0) is 11.1 Å². The summed E-state index contributed by atoms with van der Waals surface area (Å²) in [4.78, 5) is 0. The van der Waals surface area contributed by atoms with Gasteiger partial charge in [0.05, 0.1) is 5.41 Å². The van der Waals surface area contributed by atoms with E-state index in [9.17, 15) is 8.42 Å². The first-order chi connectivity index (χ1) is 9.06. The molecule has 2 rings (SSSR count). The maximum atomic E-state index is 11.3. The Labute approximate surface area is 113 Å². The van der Waals surface area contributed by atoms with Gasteiger partial charge in [0.25, 0.3) is 0 Å². The van der Waals surface area contributed by atoms with Crippen LogP contribution in [0.25, 0.3) is 5.57 Å². The zero-order valence-corrected chi connectivity index (χ0v) is 11.4. The lowest BCUT2D eigenvalue weighted by atomic mass is 9.99. The molecule has 0 aliphatic rings. The lowest BCUT2D eigenvalue weighted by Crippen LogP contribution is -1.89. The van der Waals surface area contributed by atoms with Crippen molar-refractivity contribution in [3.8, 4) is 0 Å². The molecule has 0 atom stereocenters. The third kappa shape index (κ3) is 3.95. The van der Waals surface area contributed by atoms with Crippen molar-refractivity contribution in [3.05, 3.63) is 82.9 Å². The van der Waals surface area contributed by atoms with Gasteiger partial charge in [0.1, 0.15) is 0 Å². The second-order valence-corrected chi connectivity index (χ2v) is 6.09. The Kier molecular flexibility index (Phi) is 4.00. The van der Waals surface area contributed by atoms with Crippen molar-refractivity contribution < 1.29 is 8.42 Å². The average molecular weight is 270 g/mol. The average Bonchev–Trinajstić information content (AvgIpc) is 2.40. The van der Waals surface area contributed by atoms with Gasteiger partial charge in [-0.25, -0.2) is 8.42 Å². The van der Waals surface area contributed by atoms with E-state index in [1.165, 1.54) is 0 Å². The van der Waals surface area contributed by atoms with E-state index in [1.54, 1.807) is 0 Å². The van der Waals surface area contributed by atoms with Crippen LogP contribution in [0.5, 0.6) is 0 Å². The Morgan fingerprint density at radius 2 is 1.32 bits per heavy atom. The van der Waals surface area contributed by atoms with Crippen LogP contribution in [-0.4, -0.2) is 14.7 Å². The Balaban J connectivity index is 2.63. The van der Waals surface area contributed by atoms with Crippen LogP contribution in [0.2, 0.25) is 0 Å². The highest BCUT2D eigenvalue weighted by molar-refractivity contribution is 7.93. The molecule has 3 heteroatoms. The van der Waals surface area contributed by atoms with E-state index in [2.05, 4.69) is 5.73 Å². The smallest absolute Gasteiger partial charge is 0.176 e. The molecular weight excluding hydrogens is 256 g/mol. The minimum atomic E-state index is -3.19. The summed E-state index contributed by atoms with van der Waals surface area (Å²) in [6, 6.07) is 19.3. The van der Waals surface area contributed by atoms with Crippen molar-refractivity contribution in [2.75, 3.05) is 6.26 Å². The predicted molar refractivity (Wildman–Crippen MR) is 78.3 cm³/mol. The van der Waals surface area contributed by atoms with Gasteiger partial charge in [-0.3, -0.25) is 0 Å². The van der Waals surface area contributed by atoms with E-state index in [1.807, 2.05) is 60.7 Å². The lowest BCUT2D eigenvalue weighted by Gasteiger charge is -2.05. The molecule has 0 saturated heterocycles. The van der Waals surface area contributed by atoms with Crippen LogP contribution in [0.1, 0.15) is 11.1 Å². The Hall–Kier alpha value is -2.09. The molecule has 0 fully saturated rings. The number of rotatable bonds is 3. The summed E-state index contributed by atoms with van der Waals surface area (Å²) in [6.07, 6.45) is 1.16. The molecule has 0 aliphatic carbocycles. The van der Waals surface area contributed by atoms with Gasteiger partial charge in [-0.2, -0.15) is 0 Å². The van der Waals surface area contributed by atoms with Crippen LogP contribution >= 0.6 is 0 Å². The van der Waals surface area contributed by atoms with Gasteiger partial charge in [-0.1, -0.05) is 66.4 Å². The van der Waals surface area contributed by atoms with E-state index in [-0.39, 0.29) is 0 Å². The molecule has 96 valence electrons. The van der Waals surface area contributed by atoms with Gasteiger partial charge in [0.15, 0.2) is 9.84 Å². The standard InChI is InChI=1S/C16H14O2S/c1-19(17,18)13-12-16(14-8-4-2-5-9-14)15-10-6-3-7-11-15/h2-11,13H,1H3. The van der Waals surface area contributed by atoms with E-state index in [0.717, 1.165) is 28.4 Å². The van der Waals surface area contributed by atoms with Crippen molar-refractivity contribution in [1.29, 1.82) is 0 Å². The summed E-state index contributed by atoms with van der Waals surface area (Å²) < 4.78 is 22.5. The van der Waals surface area contributed by atoms with E-state index in [4.69, 9.17) is 0 Å². The van der Waals surface area contributed by atoms with Crippen LogP contribution in [0.3, 0.4) is 0 Å². The highest BCUT2D eigenvalue weighted by atomic mass is 32.2. The first kappa shape index (κ1) is 13.3. The number of sulfone groups is 1. The van der Waals surface area contributed by atoms with Gasteiger partial charge < -0.3 is 0 Å². The van der Waals surface area contributed by atoms with Crippen molar-refractivity contribution in [2.45, 2.75) is 0 Å². The first-order valence-corrected chi connectivity index (χ1v) is 7.79. The molecular formula is C16H14O2S. The zero-order chi connectivity index (χ0) is 13.7. The molecule has 2 nitrogen and oxygen atoms in total. The van der Waals surface area contributed by atoms with Crippen molar-refractivity contribution in [2.24, 2.45) is 0 Å². The summed E-state index contributed by atoms with van der Waals surface area (Å²) in [5, 5.41) is 1.11. The number of hydrogen-bond donors (Lipinski definition) is 0. The fourth-order valence-electron chi connectivity index (χ4n) is 1.71. The Bertz CT molecular complexity index is 666. The zero-order valence-electron chi connectivity index (χ0n) is 10.6. The van der Waals surface area contributed by atoms with Crippen molar-refractivity contribution in [3.63, 3.8) is 0 Å². The third-order valence-electron chi connectivity index (χ3n) is 2.54. The monoisotopic (exact) mass is 270 g/mol. The molecule has 0 saturated carbocycles. The van der Waals surface area contributed by atoms with E-state index < -0.39 is 9.84 Å². The molecule has 0 N–H and O–H groups in total. The Morgan fingerprint density at radius 3 is 1.68 bits per heavy atom. The minimum absolute atomic E-state index is 0.770. The lowest BCUT2D eigenvalue weighted by molar-refractivity contribution is 0.610. The van der Waals surface area contributed by atoms with Crippen molar-refractivity contribution in [1.82, 2.24) is 0 Å². The largest absolute Gasteiger partial charge is 0.224 e. The highest BCUT2D eigenvalue weighted by Crippen LogP contribution is 2.21. The second kappa shape index (κ2) is 5.70. The molecule has 0 spiro atoms.